The number of hydrogen-bond donors (Lipinski definition) is 0. The Labute approximate surface area is 140 Å². The molecule has 1 aromatic heterocycles. The second kappa shape index (κ2) is 6.56. The molecule has 0 aromatic carbocycles. The molecule has 128 valence electrons. The molecular weight excluding hydrogens is 310 g/mol. The number of aromatic nitrogens is 1. The third-order valence-electron chi connectivity index (χ3n) is 4.29. The number of nitrogens with zero attached hydrogens (tertiary/aromatic N) is 5. The first-order chi connectivity index (χ1) is 11.5. The fourth-order valence-corrected chi connectivity index (χ4v) is 2.96. The van der Waals surface area contributed by atoms with E-state index in [0.29, 0.717) is 13.1 Å². The largest absolute Gasteiger partial charge is 0.354 e. The maximum Gasteiger partial charge on any atom is 0.335 e. The Morgan fingerprint density at radius 3 is 2.29 bits per heavy atom. The molecule has 0 radical (unpaired) electrons. The summed E-state index contributed by atoms with van der Waals surface area (Å²) in [7, 11) is 0. The van der Waals surface area contributed by atoms with Crippen LogP contribution in [0.3, 0.4) is 0 Å². The predicted octanol–water partition coefficient (Wildman–Crippen LogP) is 0.360. The summed E-state index contributed by atoms with van der Waals surface area (Å²) in [5.74, 6) is -0.547. The van der Waals surface area contributed by atoms with E-state index in [1.807, 2.05) is 23.1 Å². The van der Waals surface area contributed by atoms with Crippen LogP contribution in [0.15, 0.2) is 24.4 Å². The molecule has 2 fully saturated rings. The Kier molecular flexibility index (Phi) is 4.48. The fraction of sp³-hybridized carbons (Fsp3) is 0.500. The second-order valence-electron chi connectivity index (χ2n) is 6.22. The Morgan fingerprint density at radius 2 is 1.75 bits per heavy atom. The molecule has 0 saturated carbocycles. The van der Waals surface area contributed by atoms with Crippen LogP contribution >= 0.6 is 0 Å². The number of urea groups is 1. The van der Waals surface area contributed by atoms with Gasteiger partial charge >= 0.3 is 17.8 Å². The summed E-state index contributed by atoms with van der Waals surface area (Å²) in [6.07, 6.45) is 1.76. The maximum atomic E-state index is 12.3. The topological polar surface area (TPSA) is 77.1 Å². The number of pyridine rings is 1. The summed E-state index contributed by atoms with van der Waals surface area (Å²) in [5.41, 5.74) is 0. The number of hydrogen-bond acceptors (Lipinski definition) is 6. The molecule has 2 aliphatic heterocycles. The molecule has 0 spiro atoms. The summed E-state index contributed by atoms with van der Waals surface area (Å²) < 4.78 is 0. The molecule has 2 saturated heterocycles. The zero-order valence-electron chi connectivity index (χ0n) is 13.9. The van der Waals surface area contributed by atoms with Gasteiger partial charge in [-0.2, -0.15) is 0 Å². The zero-order valence-corrected chi connectivity index (χ0v) is 13.9. The molecule has 0 N–H and O–H groups in total. The van der Waals surface area contributed by atoms with Crippen LogP contribution in [0.4, 0.5) is 10.6 Å². The molecule has 1 aromatic rings. The van der Waals surface area contributed by atoms with Crippen molar-refractivity contribution in [3.05, 3.63) is 24.4 Å². The van der Waals surface area contributed by atoms with Crippen LogP contribution < -0.4 is 4.90 Å². The number of amides is 4. The molecule has 24 heavy (non-hydrogen) atoms. The van der Waals surface area contributed by atoms with E-state index in [-0.39, 0.29) is 12.7 Å². The first-order valence-electron chi connectivity index (χ1n) is 8.06. The minimum absolute atomic E-state index is 0.155. The van der Waals surface area contributed by atoms with Crippen LogP contribution in [-0.2, 0) is 9.59 Å². The Hall–Kier alpha value is -2.48. The third-order valence-corrected chi connectivity index (χ3v) is 4.29. The lowest BCUT2D eigenvalue weighted by Crippen LogP contribution is -2.51. The van der Waals surface area contributed by atoms with E-state index in [1.54, 1.807) is 20.0 Å². The van der Waals surface area contributed by atoms with Crippen LogP contribution in [0.25, 0.3) is 0 Å². The van der Waals surface area contributed by atoms with Crippen molar-refractivity contribution >= 4 is 23.7 Å². The van der Waals surface area contributed by atoms with E-state index in [0.717, 1.165) is 28.7 Å². The van der Waals surface area contributed by atoms with Crippen LogP contribution in [0.1, 0.15) is 13.8 Å². The van der Waals surface area contributed by atoms with Gasteiger partial charge in [0.2, 0.25) is 0 Å². The Balaban J connectivity index is 1.59. The van der Waals surface area contributed by atoms with E-state index >= 15 is 0 Å². The minimum atomic E-state index is -0.735. The summed E-state index contributed by atoms with van der Waals surface area (Å²) >= 11 is 0. The molecule has 3 rings (SSSR count). The summed E-state index contributed by atoms with van der Waals surface area (Å²) in [6.45, 7) is 6.51. The fourth-order valence-electron chi connectivity index (χ4n) is 2.96. The second-order valence-corrected chi connectivity index (χ2v) is 6.22. The average Bonchev–Trinajstić information content (AvgIpc) is 2.80. The highest BCUT2D eigenvalue weighted by atomic mass is 16.2. The first-order valence-corrected chi connectivity index (χ1v) is 8.06. The quantitative estimate of drug-likeness (QED) is 0.586. The number of anilines is 1. The number of rotatable bonds is 4. The molecule has 2 aliphatic rings. The van der Waals surface area contributed by atoms with Gasteiger partial charge in [0.1, 0.15) is 5.82 Å². The van der Waals surface area contributed by atoms with Crippen molar-refractivity contribution in [2.45, 2.75) is 19.9 Å². The molecule has 8 nitrogen and oxygen atoms in total. The van der Waals surface area contributed by atoms with Gasteiger partial charge in [-0.15, -0.1) is 0 Å². The summed E-state index contributed by atoms with van der Waals surface area (Å²) in [5, 5.41) is 0. The number of piperazine rings is 1. The molecule has 8 heteroatoms. The van der Waals surface area contributed by atoms with Gasteiger partial charge in [0.25, 0.3) is 0 Å². The van der Waals surface area contributed by atoms with Crippen molar-refractivity contribution in [3.8, 4) is 0 Å². The van der Waals surface area contributed by atoms with Gasteiger partial charge in [0.05, 0.1) is 6.67 Å². The summed E-state index contributed by atoms with van der Waals surface area (Å²) in [4.78, 5) is 46.8. The Bertz CT molecular complexity index is 640. The first kappa shape index (κ1) is 16.4. The van der Waals surface area contributed by atoms with Crippen molar-refractivity contribution < 1.29 is 14.4 Å². The molecule has 0 unspecified atom stereocenters. The predicted molar refractivity (Wildman–Crippen MR) is 87.1 cm³/mol. The van der Waals surface area contributed by atoms with Gasteiger partial charge in [0, 0.05) is 38.4 Å². The molecular formula is C16H21N5O3. The van der Waals surface area contributed by atoms with Crippen LogP contribution in [-0.4, -0.2) is 76.4 Å². The molecule has 3 heterocycles. The SMILES string of the molecule is CC(C)N1C(=O)C(=O)N(CN2CCN(c3ccccn3)CC2)C1=O. The van der Waals surface area contributed by atoms with Crippen LogP contribution in [0, 0.1) is 0 Å². The van der Waals surface area contributed by atoms with E-state index in [9.17, 15) is 14.4 Å². The van der Waals surface area contributed by atoms with Crippen molar-refractivity contribution in [1.29, 1.82) is 0 Å². The normalized spacial score (nSPS) is 19.8. The summed E-state index contributed by atoms with van der Waals surface area (Å²) in [6, 6.07) is 4.94. The van der Waals surface area contributed by atoms with Gasteiger partial charge < -0.3 is 4.90 Å². The van der Waals surface area contributed by atoms with Gasteiger partial charge in [-0.1, -0.05) is 6.07 Å². The van der Waals surface area contributed by atoms with Gasteiger partial charge in [-0.3, -0.25) is 19.4 Å². The molecule has 0 atom stereocenters. The lowest BCUT2D eigenvalue weighted by molar-refractivity contribution is -0.144. The van der Waals surface area contributed by atoms with Crippen molar-refractivity contribution in [3.63, 3.8) is 0 Å². The van der Waals surface area contributed by atoms with E-state index < -0.39 is 17.8 Å². The van der Waals surface area contributed by atoms with E-state index in [4.69, 9.17) is 0 Å². The number of imide groups is 2. The highest BCUT2D eigenvalue weighted by Gasteiger charge is 2.46. The zero-order chi connectivity index (χ0) is 17.3. The van der Waals surface area contributed by atoms with Crippen molar-refractivity contribution in [2.75, 3.05) is 37.7 Å². The standard InChI is InChI=1S/C16H21N5O3/c1-12(2)21-15(23)14(22)20(16(21)24)11-18-7-9-19(10-8-18)13-5-3-4-6-17-13/h3-6,12H,7-11H2,1-2H3. The Morgan fingerprint density at radius 1 is 1.04 bits per heavy atom. The molecule has 0 aliphatic carbocycles. The van der Waals surface area contributed by atoms with E-state index in [2.05, 4.69) is 9.88 Å². The van der Waals surface area contributed by atoms with Gasteiger partial charge in [-0.25, -0.2) is 14.7 Å². The van der Waals surface area contributed by atoms with Crippen LogP contribution in [0.5, 0.6) is 0 Å². The lowest BCUT2D eigenvalue weighted by Gasteiger charge is -2.36. The average molecular weight is 331 g/mol. The number of carbonyl (C=O) groups is 3. The van der Waals surface area contributed by atoms with Crippen LogP contribution in [0.2, 0.25) is 0 Å². The minimum Gasteiger partial charge on any atom is -0.354 e. The van der Waals surface area contributed by atoms with Crippen molar-refractivity contribution in [1.82, 2.24) is 19.7 Å². The smallest absolute Gasteiger partial charge is 0.335 e. The molecule has 0 bridgehead atoms. The number of carbonyl (C=O) groups excluding carboxylic acids is 3. The maximum absolute atomic E-state index is 12.3. The highest BCUT2D eigenvalue weighted by Crippen LogP contribution is 2.17. The van der Waals surface area contributed by atoms with Crippen molar-refractivity contribution in [2.24, 2.45) is 0 Å². The molecule has 4 amide bonds. The lowest BCUT2D eigenvalue weighted by atomic mass is 10.3. The third kappa shape index (κ3) is 2.96. The van der Waals surface area contributed by atoms with Gasteiger partial charge in [0.15, 0.2) is 0 Å². The monoisotopic (exact) mass is 331 g/mol. The van der Waals surface area contributed by atoms with Gasteiger partial charge in [-0.05, 0) is 26.0 Å². The highest BCUT2D eigenvalue weighted by molar-refractivity contribution is 6.44. The van der Waals surface area contributed by atoms with E-state index in [1.165, 1.54) is 0 Å².